The van der Waals surface area contributed by atoms with Gasteiger partial charge in [0, 0.05) is 73.3 Å². The third kappa shape index (κ3) is 15.0. The van der Waals surface area contributed by atoms with Gasteiger partial charge in [-0.05, 0) is 0 Å². The molecule has 2 fully saturated rings. The summed E-state index contributed by atoms with van der Waals surface area (Å²) in [6.45, 7) is 7.49. The van der Waals surface area contributed by atoms with Crippen LogP contribution in [0.5, 0.6) is 0 Å². The Bertz CT molecular complexity index is 2050. The lowest BCUT2D eigenvalue weighted by Gasteiger charge is -2.24. The number of nitrogens with two attached hydrogens (primary N) is 2. The average molecular weight is 855 g/mol. The zero-order valence-electron chi connectivity index (χ0n) is 33.0. The van der Waals surface area contributed by atoms with Gasteiger partial charge in [-0.25, -0.2) is 9.97 Å². The lowest BCUT2D eigenvalue weighted by atomic mass is 10.1. The first-order chi connectivity index (χ1) is 28.0. The number of aromatic nitrogens is 4. The predicted molar refractivity (Wildman–Crippen MR) is 190 cm³/mol. The van der Waals surface area contributed by atoms with E-state index in [4.69, 9.17) is 54.1 Å². The molecule has 0 radical (unpaired) electrons. The molecule has 0 saturated carbocycles. The number of primary amides is 2. The largest absolute Gasteiger partial charge is 0.463 e. The van der Waals surface area contributed by atoms with Gasteiger partial charge in [0.1, 0.15) is 25.4 Å². The van der Waals surface area contributed by atoms with Gasteiger partial charge in [-0.3, -0.25) is 57.3 Å². The van der Waals surface area contributed by atoms with Crippen LogP contribution in [0.25, 0.3) is 0 Å². The molecule has 4 heterocycles. The molecule has 2 aliphatic heterocycles. The molecule has 4 rings (SSSR count). The monoisotopic (exact) mass is 854 g/mol. The van der Waals surface area contributed by atoms with Crippen molar-refractivity contribution in [3.8, 4) is 0 Å². The number of esters is 7. The van der Waals surface area contributed by atoms with Gasteiger partial charge in [0.25, 0.3) is 22.9 Å². The van der Waals surface area contributed by atoms with Crippen molar-refractivity contribution in [3.05, 3.63) is 56.9 Å². The van der Waals surface area contributed by atoms with Crippen LogP contribution in [0.15, 0.2) is 34.4 Å². The second-order valence-electron chi connectivity index (χ2n) is 12.1. The molecule has 2 aromatic rings. The Morgan fingerprint density at radius 1 is 0.600 bits per heavy atom. The van der Waals surface area contributed by atoms with Crippen molar-refractivity contribution >= 4 is 53.6 Å². The number of carbonyl (C=O) groups excluding carboxylic acids is 9. The summed E-state index contributed by atoms with van der Waals surface area (Å²) in [4.78, 5) is 133. The second-order valence-corrected chi connectivity index (χ2v) is 12.1. The summed E-state index contributed by atoms with van der Waals surface area (Å²) in [5, 5.41) is 0. The quantitative estimate of drug-likeness (QED) is 0.144. The number of carbonyl (C=O) groups is 9. The van der Waals surface area contributed by atoms with E-state index >= 15 is 0 Å². The molecule has 26 nitrogen and oxygen atoms in total. The lowest BCUT2D eigenvalue weighted by molar-refractivity contribution is -0.197. The van der Waals surface area contributed by atoms with E-state index in [1.54, 1.807) is 0 Å². The third-order valence-corrected chi connectivity index (χ3v) is 7.26. The molecule has 5 N–H and O–H groups in total. The van der Waals surface area contributed by atoms with Crippen molar-refractivity contribution < 1.29 is 85.8 Å². The summed E-state index contributed by atoms with van der Waals surface area (Å²) < 4.78 is 47.1. The van der Waals surface area contributed by atoms with E-state index < -0.39 is 120 Å². The molecular formula is C34H42N6O20. The van der Waals surface area contributed by atoms with Gasteiger partial charge in [0.15, 0.2) is 35.9 Å². The Morgan fingerprint density at radius 2 is 1.03 bits per heavy atom. The van der Waals surface area contributed by atoms with Crippen LogP contribution in [0.4, 0.5) is 0 Å². The van der Waals surface area contributed by atoms with Crippen LogP contribution in [0.2, 0.25) is 0 Å². The molecule has 60 heavy (non-hydrogen) atoms. The van der Waals surface area contributed by atoms with Crippen LogP contribution in [0.1, 0.15) is 75.7 Å². The molecule has 0 aliphatic carbocycles. The first-order valence-corrected chi connectivity index (χ1v) is 17.2. The van der Waals surface area contributed by atoms with Gasteiger partial charge in [-0.15, -0.1) is 0 Å². The molecule has 0 bridgehead atoms. The fourth-order valence-corrected chi connectivity index (χ4v) is 5.17. The highest BCUT2D eigenvalue weighted by Crippen LogP contribution is 2.34. The SMILES string of the molecule is CC(=O)OC[C@H]1OC(OC(C)=O)C(OC(C)=O)[C@@H]1OC(C)=O.CC(=O)OC[C@H]1O[C@@H](n2ccnc(C(N)=O)c2=O)C(OC(C)=O)[C@@H]1OC(C)=O.NC(=O)c1ncc[nH]c1=O. The summed E-state index contributed by atoms with van der Waals surface area (Å²) in [5.74, 6) is -6.49. The molecule has 2 aliphatic rings. The van der Waals surface area contributed by atoms with Gasteiger partial charge < -0.3 is 59.1 Å². The van der Waals surface area contributed by atoms with E-state index in [1.165, 1.54) is 32.4 Å². The van der Waals surface area contributed by atoms with Crippen molar-refractivity contribution in [1.29, 1.82) is 0 Å². The highest BCUT2D eigenvalue weighted by atomic mass is 16.8. The number of nitrogens with one attached hydrogen (secondary N) is 1. The summed E-state index contributed by atoms with van der Waals surface area (Å²) in [6, 6.07) is 0. The number of hydrogen-bond donors (Lipinski definition) is 3. The highest BCUT2D eigenvalue weighted by Gasteiger charge is 2.52. The van der Waals surface area contributed by atoms with Crippen molar-refractivity contribution in [2.75, 3.05) is 13.2 Å². The highest BCUT2D eigenvalue weighted by molar-refractivity contribution is 5.90. The number of nitrogens with zero attached hydrogens (tertiary/aromatic N) is 3. The van der Waals surface area contributed by atoms with Gasteiger partial charge in [0.2, 0.25) is 12.4 Å². The first-order valence-electron chi connectivity index (χ1n) is 17.2. The van der Waals surface area contributed by atoms with Crippen molar-refractivity contribution in [2.45, 2.75) is 97.6 Å². The maximum Gasteiger partial charge on any atom is 0.305 e. The van der Waals surface area contributed by atoms with Gasteiger partial charge in [-0.1, -0.05) is 0 Å². The summed E-state index contributed by atoms with van der Waals surface area (Å²) in [6.07, 6.45) is -4.22. The number of rotatable bonds is 12. The number of ether oxygens (including phenoxy) is 9. The number of hydrogen-bond acceptors (Lipinski definition) is 22. The molecule has 328 valence electrons. The standard InChI is InChI=1S/C16H19N3O9.C13H18O9.C5H5N3O2/c1-7(20)25-6-10-12(26-8(2)21)13(27-9(3)22)16(28-10)19-5-4-18-11(14(17)23)15(19)24;1-6(14)18-5-10-11(19-7(2)15)12(20-8(3)16)13(22-10)21-9(4)17;6-4(9)3-5(10)8-2-1-7-3/h4-5,10,12-13,16H,6H2,1-3H3,(H2,17,23);10-13H,5H2,1-4H3;1-2H,(H2,6,9)(H,8,10)/t10-,12-,13?,16-;10-,11-,12?,13?;/m11./s1. The molecule has 2 aromatic heterocycles. The molecule has 3 unspecified atom stereocenters. The smallest absolute Gasteiger partial charge is 0.305 e. The summed E-state index contributed by atoms with van der Waals surface area (Å²) in [7, 11) is 0. The van der Waals surface area contributed by atoms with E-state index in [0.717, 1.165) is 45.4 Å². The normalized spacial score (nSPS) is 22.4. The van der Waals surface area contributed by atoms with Crippen molar-refractivity contribution in [1.82, 2.24) is 19.5 Å². The molecule has 8 atom stereocenters. The first kappa shape index (κ1) is 49.1. The number of H-pyrrole nitrogens is 1. The van der Waals surface area contributed by atoms with Crippen LogP contribution in [-0.2, 0) is 76.2 Å². The minimum atomic E-state index is -1.29. The Labute approximate surface area is 338 Å². The molecule has 2 amide bonds. The lowest BCUT2D eigenvalue weighted by Crippen LogP contribution is -2.42. The second kappa shape index (κ2) is 22.7. The minimum absolute atomic E-state index is 0.247. The number of amides is 2. The van der Waals surface area contributed by atoms with Crippen LogP contribution < -0.4 is 22.6 Å². The van der Waals surface area contributed by atoms with Gasteiger partial charge >= 0.3 is 41.8 Å². The Hall–Kier alpha value is -7.09. The van der Waals surface area contributed by atoms with Crippen LogP contribution >= 0.6 is 0 Å². The third-order valence-electron chi connectivity index (χ3n) is 7.26. The van der Waals surface area contributed by atoms with E-state index in [1.807, 2.05) is 0 Å². The molecule has 26 heteroatoms. The fourth-order valence-electron chi connectivity index (χ4n) is 5.17. The number of aromatic amines is 1. The Morgan fingerprint density at radius 3 is 1.47 bits per heavy atom. The van der Waals surface area contributed by atoms with Crippen molar-refractivity contribution in [3.63, 3.8) is 0 Å². The zero-order valence-corrected chi connectivity index (χ0v) is 33.0. The van der Waals surface area contributed by atoms with Gasteiger partial charge in [-0.2, -0.15) is 0 Å². The Kier molecular flexibility index (Phi) is 18.6. The average Bonchev–Trinajstić information content (AvgIpc) is 3.60. The maximum absolute atomic E-state index is 12.5. The predicted octanol–water partition coefficient (Wildman–Crippen LogP) is -2.76. The van der Waals surface area contributed by atoms with Gasteiger partial charge in [0.05, 0.1) is 0 Å². The van der Waals surface area contributed by atoms with Crippen LogP contribution in [0.3, 0.4) is 0 Å². The fraction of sp³-hybridized carbons (Fsp3) is 0.500. The van der Waals surface area contributed by atoms with E-state index in [2.05, 4.69) is 15.0 Å². The van der Waals surface area contributed by atoms with Crippen LogP contribution in [0, 0.1) is 0 Å². The summed E-state index contributed by atoms with van der Waals surface area (Å²) in [5.41, 5.74) is 7.65. The minimum Gasteiger partial charge on any atom is -0.463 e. The van der Waals surface area contributed by atoms with Crippen LogP contribution in [-0.4, -0.2) is 129 Å². The zero-order chi connectivity index (χ0) is 45.4. The topological polar surface area (TPSA) is 369 Å². The molecule has 0 aromatic carbocycles. The summed E-state index contributed by atoms with van der Waals surface area (Å²) >= 11 is 0. The van der Waals surface area contributed by atoms with E-state index in [-0.39, 0.29) is 18.9 Å². The molecule has 2 saturated heterocycles. The molecule has 0 spiro atoms. The van der Waals surface area contributed by atoms with E-state index in [0.29, 0.717) is 0 Å². The molecular weight excluding hydrogens is 812 g/mol. The van der Waals surface area contributed by atoms with E-state index in [9.17, 15) is 52.7 Å². The van der Waals surface area contributed by atoms with Crippen molar-refractivity contribution in [2.24, 2.45) is 11.5 Å². The Balaban J connectivity index is 0.000000343. The maximum atomic E-state index is 12.5.